The molecule has 0 radical (unpaired) electrons. The maximum atomic E-state index is 6.03. The number of aryl methyl sites for hydroxylation is 1. The lowest BCUT2D eigenvalue weighted by Gasteiger charge is -2.32. The number of hydrogen-bond donors (Lipinski definition) is 1. The van der Waals surface area contributed by atoms with E-state index in [9.17, 15) is 0 Å². The highest BCUT2D eigenvalue weighted by Crippen LogP contribution is 2.41. The Kier molecular flexibility index (Phi) is 4.07. The van der Waals surface area contributed by atoms with Crippen LogP contribution in [0.25, 0.3) is 20.4 Å². The van der Waals surface area contributed by atoms with Crippen LogP contribution in [-0.2, 0) is 22.5 Å². The van der Waals surface area contributed by atoms with Crippen LogP contribution in [0.2, 0.25) is 0 Å². The van der Waals surface area contributed by atoms with E-state index >= 15 is 0 Å². The lowest BCUT2D eigenvalue weighted by Crippen LogP contribution is -2.32. The van der Waals surface area contributed by atoms with E-state index in [1.54, 1.807) is 17.7 Å². The second kappa shape index (κ2) is 6.36. The van der Waals surface area contributed by atoms with E-state index < -0.39 is 0 Å². The van der Waals surface area contributed by atoms with Crippen LogP contribution in [0.3, 0.4) is 0 Å². The summed E-state index contributed by atoms with van der Waals surface area (Å²) in [6.07, 6.45) is 5.05. The minimum absolute atomic E-state index is 0.171. The van der Waals surface area contributed by atoms with Crippen LogP contribution in [0, 0.1) is 6.92 Å². The fraction of sp³-hybridized carbons (Fsp3) is 0.550. The highest BCUT2D eigenvalue weighted by atomic mass is 32.1. The van der Waals surface area contributed by atoms with Gasteiger partial charge in [0.2, 0.25) is 0 Å². The van der Waals surface area contributed by atoms with Gasteiger partial charge in [-0.05, 0) is 39.2 Å². The number of aromatic nitrogens is 3. The second-order valence-corrected chi connectivity index (χ2v) is 9.08. The van der Waals surface area contributed by atoms with Crippen molar-refractivity contribution in [1.82, 2.24) is 15.0 Å². The van der Waals surface area contributed by atoms with Crippen molar-refractivity contribution in [3.05, 3.63) is 23.1 Å². The van der Waals surface area contributed by atoms with Crippen molar-refractivity contribution in [1.29, 1.82) is 0 Å². The first-order valence-corrected chi connectivity index (χ1v) is 10.4. The number of ether oxygens (including phenoxy) is 2. The van der Waals surface area contributed by atoms with Crippen LogP contribution in [0.4, 0.5) is 5.82 Å². The van der Waals surface area contributed by atoms with Crippen molar-refractivity contribution in [3.8, 4) is 0 Å². The van der Waals surface area contributed by atoms with Gasteiger partial charge in [-0.25, -0.2) is 15.0 Å². The third kappa shape index (κ3) is 2.98. The van der Waals surface area contributed by atoms with E-state index in [2.05, 4.69) is 36.1 Å². The van der Waals surface area contributed by atoms with Crippen LogP contribution >= 0.6 is 11.3 Å². The number of anilines is 1. The topological polar surface area (TPSA) is 69.2 Å². The zero-order chi connectivity index (χ0) is 18.6. The van der Waals surface area contributed by atoms with Gasteiger partial charge in [0.25, 0.3) is 0 Å². The number of hydrogen-bond acceptors (Lipinski definition) is 7. The number of nitrogens with zero attached hydrogens (tertiary/aromatic N) is 3. The molecule has 142 valence electrons. The molecule has 7 heteroatoms. The molecule has 2 aliphatic heterocycles. The summed E-state index contributed by atoms with van der Waals surface area (Å²) in [5.74, 6) is 0.885. The van der Waals surface area contributed by atoms with Gasteiger partial charge in [-0.15, -0.1) is 11.3 Å². The van der Waals surface area contributed by atoms with E-state index in [4.69, 9.17) is 14.5 Å². The molecule has 1 N–H and O–H groups in total. The van der Waals surface area contributed by atoms with Gasteiger partial charge in [0, 0.05) is 36.2 Å². The molecule has 3 aromatic rings. The zero-order valence-corrected chi connectivity index (χ0v) is 16.8. The van der Waals surface area contributed by atoms with Gasteiger partial charge in [0.05, 0.1) is 28.5 Å². The van der Waals surface area contributed by atoms with Crippen molar-refractivity contribution >= 4 is 37.6 Å². The third-order valence-corrected chi connectivity index (χ3v) is 6.64. The van der Waals surface area contributed by atoms with E-state index in [0.717, 1.165) is 59.0 Å². The predicted molar refractivity (Wildman–Crippen MR) is 107 cm³/mol. The van der Waals surface area contributed by atoms with Crippen molar-refractivity contribution < 1.29 is 9.47 Å². The van der Waals surface area contributed by atoms with Gasteiger partial charge in [-0.3, -0.25) is 0 Å². The standard InChI is InChI=1S/C20H24N4O2S/c1-11-14-9-26-20(2,3)7-13(14)15-16-17(27-19(15)24-11)18(23-10-22-16)21-8-12-5-4-6-25-12/h10,12H,4-9H2,1-3H3,(H,21,22,23)/t12-/m0/s1. The van der Waals surface area contributed by atoms with Gasteiger partial charge < -0.3 is 14.8 Å². The van der Waals surface area contributed by atoms with Crippen LogP contribution in [0.1, 0.15) is 43.5 Å². The molecule has 0 aromatic carbocycles. The highest BCUT2D eigenvalue weighted by molar-refractivity contribution is 7.26. The molecular formula is C20H24N4O2S. The van der Waals surface area contributed by atoms with Crippen molar-refractivity contribution in [3.63, 3.8) is 0 Å². The van der Waals surface area contributed by atoms with Gasteiger partial charge in [0.15, 0.2) is 0 Å². The molecule has 27 heavy (non-hydrogen) atoms. The van der Waals surface area contributed by atoms with E-state index in [1.165, 1.54) is 16.5 Å². The molecule has 0 saturated carbocycles. The summed E-state index contributed by atoms with van der Waals surface area (Å²) in [6.45, 7) is 8.63. The Morgan fingerprint density at radius 2 is 2.19 bits per heavy atom. The number of nitrogens with one attached hydrogen (secondary N) is 1. The van der Waals surface area contributed by atoms with Gasteiger partial charge >= 0.3 is 0 Å². The third-order valence-electron chi connectivity index (χ3n) is 5.56. The lowest BCUT2D eigenvalue weighted by atomic mass is 9.89. The van der Waals surface area contributed by atoms with Crippen molar-refractivity contribution in [2.24, 2.45) is 0 Å². The zero-order valence-electron chi connectivity index (χ0n) is 16.0. The van der Waals surface area contributed by atoms with Crippen LogP contribution < -0.4 is 5.32 Å². The van der Waals surface area contributed by atoms with Crippen molar-refractivity contribution in [2.75, 3.05) is 18.5 Å². The average molecular weight is 385 g/mol. The summed E-state index contributed by atoms with van der Waals surface area (Å²) in [6, 6.07) is 0. The fourth-order valence-electron chi connectivity index (χ4n) is 4.11. The Balaban J connectivity index is 1.63. The van der Waals surface area contributed by atoms with Crippen LogP contribution in [-0.4, -0.2) is 39.8 Å². The highest BCUT2D eigenvalue weighted by Gasteiger charge is 2.31. The summed E-state index contributed by atoms with van der Waals surface area (Å²) < 4.78 is 12.8. The van der Waals surface area contributed by atoms with E-state index in [-0.39, 0.29) is 11.7 Å². The molecule has 1 fully saturated rings. The normalized spacial score (nSPS) is 21.7. The molecule has 0 unspecified atom stereocenters. The smallest absolute Gasteiger partial charge is 0.147 e. The first kappa shape index (κ1) is 17.3. The molecule has 0 amide bonds. The SMILES string of the molecule is Cc1nc2sc3c(NC[C@@H]4CCCO4)ncnc3c2c2c1COC(C)(C)C2. The molecule has 6 nitrogen and oxygen atoms in total. The predicted octanol–water partition coefficient (Wildman–Crippen LogP) is 3.99. The van der Waals surface area contributed by atoms with Crippen LogP contribution in [0.15, 0.2) is 6.33 Å². The minimum atomic E-state index is -0.171. The Morgan fingerprint density at radius 1 is 1.30 bits per heavy atom. The van der Waals surface area contributed by atoms with Crippen molar-refractivity contribution in [2.45, 2.75) is 58.3 Å². The number of fused-ring (bicyclic) bond motifs is 5. The van der Waals surface area contributed by atoms with Crippen LogP contribution in [0.5, 0.6) is 0 Å². The minimum Gasteiger partial charge on any atom is -0.376 e. The summed E-state index contributed by atoms with van der Waals surface area (Å²) in [5.41, 5.74) is 4.44. The maximum absolute atomic E-state index is 6.03. The Morgan fingerprint density at radius 3 is 3.00 bits per heavy atom. The number of thiophene rings is 1. The van der Waals surface area contributed by atoms with Gasteiger partial charge in [0.1, 0.15) is 17.0 Å². The average Bonchev–Trinajstić information content (AvgIpc) is 3.26. The molecule has 0 aliphatic carbocycles. The summed E-state index contributed by atoms with van der Waals surface area (Å²) in [7, 11) is 0. The summed E-state index contributed by atoms with van der Waals surface area (Å²) in [4.78, 5) is 15.1. The molecule has 1 saturated heterocycles. The molecule has 5 rings (SSSR count). The Bertz CT molecular complexity index is 1020. The van der Waals surface area contributed by atoms with E-state index in [0.29, 0.717) is 6.61 Å². The first-order valence-electron chi connectivity index (χ1n) is 9.57. The number of pyridine rings is 1. The molecule has 3 aromatic heterocycles. The Labute approximate surface area is 162 Å². The summed E-state index contributed by atoms with van der Waals surface area (Å²) >= 11 is 1.68. The maximum Gasteiger partial charge on any atom is 0.147 e. The quantitative estimate of drug-likeness (QED) is 0.736. The van der Waals surface area contributed by atoms with E-state index in [1.807, 2.05) is 0 Å². The Hall–Kier alpha value is -1.83. The molecule has 1 atom stereocenters. The lowest BCUT2D eigenvalue weighted by molar-refractivity contribution is -0.0400. The molecule has 5 heterocycles. The molecule has 2 aliphatic rings. The molecular weight excluding hydrogens is 360 g/mol. The fourth-order valence-corrected chi connectivity index (χ4v) is 5.28. The largest absolute Gasteiger partial charge is 0.376 e. The monoisotopic (exact) mass is 384 g/mol. The first-order chi connectivity index (χ1) is 13.0. The van der Waals surface area contributed by atoms with Gasteiger partial charge in [-0.2, -0.15) is 0 Å². The summed E-state index contributed by atoms with van der Waals surface area (Å²) in [5, 5.41) is 4.66. The molecule has 0 bridgehead atoms. The van der Waals surface area contributed by atoms with Gasteiger partial charge in [-0.1, -0.05) is 0 Å². The number of rotatable bonds is 3. The molecule has 0 spiro atoms. The second-order valence-electron chi connectivity index (χ2n) is 8.08.